The van der Waals surface area contributed by atoms with Crippen molar-refractivity contribution in [1.82, 2.24) is 4.98 Å². The number of aromatic amines is 1. The van der Waals surface area contributed by atoms with E-state index in [9.17, 15) is 4.79 Å². The number of nitrogens with two attached hydrogens (primary N) is 3. The summed E-state index contributed by atoms with van der Waals surface area (Å²) in [5.41, 5.74) is 20.2. The fourth-order valence-electron chi connectivity index (χ4n) is 2.66. The highest BCUT2D eigenvalue weighted by atomic mass is 16.5. The van der Waals surface area contributed by atoms with Gasteiger partial charge in [-0.2, -0.15) is 5.10 Å². The van der Waals surface area contributed by atoms with Crippen molar-refractivity contribution in [3.8, 4) is 5.75 Å². The van der Waals surface area contributed by atoms with Gasteiger partial charge in [-0.15, -0.1) is 5.10 Å². The van der Waals surface area contributed by atoms with E-state index in [1.807, 2.05) is 12.1 Å². The average Bonchev–Trinajstić information content (AvgIpc) is 3.08. The lowest BCUT2D eigenvalue weighted by atomic mass is 10.1. The number of H-pyrrole nitrogens is 1. The van der Waals surface area contributed by atoms with Gasteiger partial charge in [-0.05, 0) is 42.8 Å². The first-order chi connectivity index (χ1) is 13.4. The van der Waals surface area contributed by atoms with E-state index in [-0.39, 0.29) is 11.9 Å². The van der Waals surface area contributed by atoms with Gasteiger partial charge in [0.25, 0.3) is 5.91 Å². The van der Waals surface area contributed by atoms with Gasteiger partial charge < -0.3 is 32.2 Å². The highest BCUT2D eigenvalue weighted by Gasteiger charge is 2.12. The molecule has 1 heterocycles. The first-order valence-corrected chi connectivity index (χ1v) is 8.38. The Morgan fingerprint density at radius 3 is 2.46 bits per heavy atom. The second-order valence-corrected chi connectivity index (χ2v) is 6.11. The molecule has 0 aliphatic heterocycles. The van der Waals surface area contributed by atoms with E-state index in [1.165, 1.54) is 0 Å². The molecule has 0 spiro atoms. The van der Waals surface area contributed by atoms with Gasteiger partial charge in [-0.3, -0.25) is 4.79 Å². The molecule has 1 aromatic heterocycles. The zero-order valence-corrected chi connectivity index (χ0v) is 15.5. The molecular formula is C19H21N7O2. The molecule has 0 unspecified atom stereocenters. The summed E-state index contributed by atoms with van der Waals surface area (Å²) < 4.78 is 5.21. The SMILES string of the molecule is COc1cc2cc(C(=O)Nc3ccc(/C(C)=N/N=C(N)N)cc3)[nH]c2cc1N. The molecule has 0 saturated carbocycles. The maximum Gasteiger partial charge on any atom is 0.272 e. The molecule has 3 aromatic rings. The number of anilines is 2. The van der Waals surface area contributed by atoms with Crippen LogP contribution in [0.1, 0.15) is 23.0 Å². The number of rotatable bonds is 5. The Balaban J connectivity index is 1.77. The smallest absolute Gasteiger partial charge is 0.272 e. The predicted octanol–water partition coefficient (Wildman–Crippen LogP) is 2.01. The second kappa shape index (κ2) is 7.70. The number of carbonyl (C=O) groups excluding carboxylic acids is 1. The fourth-order valence-corrected chi connectivity index (χ4v) is 2.66. The van der Waals surface area contributed by atoms with E-state index >= 15 is 0 Å². The Morgan fingerprint density at radius 1 is 1.11 bits per heavy atom. The maximum atomic E-state index is 12.5. The van der Waals surface area contributed by atoms with Crippen LogP contribution in [0.4, 0.5) is 11.4 Å². The van der Waals surface area contributed by atoms with Crippen molar-refractivity contribution in [2.24, 2.45) is 21.7 Å². The molecule has 9 heteroatoms. The summed E-state index contributed by atoms with van der Waals surface area (Å²) in [6.45, 7) is 1.78. The Labute approximate surface area is 161 Å². The van der Waals surface area contributed by atoms with Crippen LogP contribution in [-0.2, 0) is 0 Å². The standard InChI is InChI=1S/C19H21N7O2/c1-10(25-26-19(21)22)11-3-5-13(6-4-11)23-18(27)16-7-12-8-17(28-2)14(20)9-15(12)24-16/h3-9,24H,20H2,1-2H3,(H,23,27)(H4,21,22,26)/b25-10+. The Bertz CT molecular complexity index is 1080. The van der Waals surface area contributed by atoms with E-state index in [2.05, 4.69) is 20.5 Å². The van der Waals surface area contributed by atoms with Crippen LogP contribution in [0.2, 0.25) is 0 Å². The zero-order valence-electron chi connectivity index (χ0n) is 15.5. The monoisotopic (exact) mass is 379 g/mol. The Hall–Kier alpha value is -4.01. The largest absolute Gasteiger partial charge is 0.495 e. The molecule has 0 fully saturated rings. The van der Waals surface area contributed by atoms with Gasteiger partial charge in [0.2, 0.25) is 5.96 Å². The molecule has 0 bridgehead atoms. The van der Waals surface area contributed by atoms with Crippen molar-refractivity contribution in [2.45, 2.75) is 6.92 Å². The maximum absolute atomic E-state index is 12.5. The molecule has 9 nitrogen and oxygen atoms in total. The highest BCUT2D eigenvalue weighted by Crippen LogP contribution is 2.28. The van der Waals surface area contributed by atoms with Crippen LogP contribution in [0.25, 0.3) is 10.9 Å². The number of hydrogen-bond acceptors (Lipinski definition) is 5. The third kappa shape index (κ3) is 4.04. The minimum Gasteiger partial charge on any atom is -0.495 e. The lowest BCUT2D eigenvalue weighted by Gasteiger charge is -2.05. The fraction of sp³-hybridized carbons (Fsp3) is 0.105. The van der Waals surface area contributed by atoms with Crippen molar-refractivity contribution < 1.29 is 9.53 Å². The van der Waals surface area contributed by atoms with Gasteiger partial charge in [-0.25, -0.2) is 0 Å². The number of hydrogen-bond donors (Lipinski definition) is 5. The van der Waals surface area contributed by atoms with Crippen LogP contribution in [-0.4, -0.2) is 29.7 Å². The number of fused-ring (bicyclic) bond motifs is 1. The summed E-state index contributed by atoms with van der Waals surface area (Å²) in [4.78, 5) is 15.6. The lowest BCUT2D eigenvalue weighted by Crippen LogP contribution is -2.22. The quantitative estimate of drug-likeness (QED) is 0.198. The Kier molecular flexibility index (Phi) is 5.16. The number of nitrogens with one attached hydrogen (secondary N) is 2. The van der Waals surface area contributed by atoms with Crippen LogP contribution in [0, 0.1) is 0 Å². The molecule has 0 atom stereocenters. The van der Waals surface area contributed by atoms with Gasteiger partial charge in [0.1, 0.15) is 11.4 Å². The number of methoxy groups -OCH3 is 1. The summed E-state index contributed by atoms with van der Waals surface area (Å²) in [6.07, 6.45) is 0. The molecule has 1 amide bonds. The normalized spacial score (nSPS) is 11.3. The number of amides is 1. The minimum atomic E-state index is -0.271. The number of guanidine groups is 1. The van der Waals surface area contributed by atoms with E-state index in [0.29, 0.717) is 28.5 Å². The summed E-state index contributed by atoms with van der Waals surface area (Å²) in [5, 5.41) is 11.2. The topological polar surface area (TPSA) is 157 Å². The molecule has 144 valence electrons. The average molecular weight is 379 g/mol. The third-order valence-electron chi connectivity index (χ3n) is 4.09. The summed E-state index contributed by atoms with van der Waals surface area (Å²) in [6, 6.07) is 12.4. The summed E-state index contributed by atoms with van der Waals surface area (Å²) in [7, 11) is 1.55. The molecule has 0 radical (unpaired) electrons. The number of aromatic nitrogens is 1. The number of ether oxygens (including phenoxy) is 1. The van der Waals surface area contributed by atoms with E-state index in [0.717, 1.165) is 16.5 Å². The number of carbonyl (C=O) groups is 1. The first kappa shape index (κ1) is 18.8. The number of nitrogen functional groups attached to an aromatic ring is 1. The highest BCUT2D eigenvalue weighted by molar-refractivity contribution is 6.06. The first-order valence-electron chi connectivity index (χ1n) is 8.38. The van der Waals surface area contributed by atoms with Crippen LogP contribution in [0.15, 0.2) is 52.7 Å². The van der Waals surface area contributed by atoms with E-state index in [4.69, 9.17) is 21.9 Å². The van der Waals surface area contributed by atoms with E-state index < -0.39 is 0 Å². The Morgan fingerprint density at radius 2 is 1.82 bits per heavy atom. The van der Waals surface area contributed by atoms with Crippen molar-refractivity contribution in [1.29, 1.82) is 0 Å². The van der Waals surface area contributed by atoms with Crippen molar-refractivity contribution in [3.05, 3.63) is 53.7 Å². The molecular weight excluding hydrogens is 358 g/mol. The van der Waals surface area contributed by atoms with Crippen LogP contribution in [0.5, 0.6) is 5.75 Å². The van der Waals surface area contributed by atoms with Gasteiger partial charge in [0.05, 0.1) is 18.5 Å². The molecule has 0 saturated heterocycles. The third-order valence-corrected chi connectivity index (χ3v) is 4.09. The second-order valence-electron chi connectivity index (χ2n) is 6.11. The van der Waals surface area contributed by atoms with Crippen molar-refractivity contribution >= 4 is 39.9 Å². The summed E-state index contributed by atoms with van der Waals surface area (Å²) in [5.74, 6) is 0.181. The number of benzene rings is 2. The van der Waals surface area contributed by atoms with Crippen molar-refractivity contribution in [2.75, 3.05) is 18.2 Å². The zero-order chi connectivity index (χ0) is 20.3. The van der Waals surface area contributed by atoms with Crippen LogP contribution in [0.3, 0.4) is 0 Å². The molecule has 8 N–H and O–H groups in total. The van der Waals surface area contributed by atoms with Gasteiger partial charge in [0, 0.05) is 16.6 Å². The molecule has 0 aliphatic rings. The van der Waals surface area contributed by atoms with Crippen LogP contribution >= 0.6 is 0 Å². The predicted molar refractivity (Wildman–Crippen MR) is 112 cm³/mol. The van der Waals surface area contributed by atoms with Gasteiger partial charge in [0.15, 0.2) is 0 Å². The van der Waals surface area contributed by atoms with Gasteiger partial charge in [-0.1, -0.05) is 12.1 Å². The van der Waals surface area contributed by atoms with Crippen molar-refractivity contribution in [3.63, 3.8) is 0 Å². The number of nitrogens with zero attached hydrogens (tertiary/aromatic N) is 2. The summed E-state index contributed by atoms with van der Waals surface area (Å²) >= 11 is 0. The molecule has 2 aromatic carbocycles. The van der Waals surface area contributed by atoms with E-state index in [1.54, 1.807) is 44.4 Å². The molecule has 0 aliphatic carbocycles. The minimum absolute atomic E-state index is 0.110. The van der Waals surface area contributed by atoms with Gasteiger partial charge >= 0.3 is 0 Å². The molecule has 28 heavy (non-hydrogen) atoms. The van der Waals surface area contributed by atoms with Crippen LogP contribution < -0.4 is 27.3 Å². The molecule has 3 rings (SSSR count). The lowest BCUT2D eigenvalue weighted by molar-refractivity contribution is 0.102.